The zero-order valence-corrected chi connectivity index (χ0v) is 19.9. The van der Waals surface area contributed by atoms with Gasteiger partial charge in [0.05, 0.1) is 22.6 Å². The molecule has 0 spiro atoms. The van der Waals surface area contributed by atoms with Crippen molar-refractivity contribution in [1.82, 2.24) is 14.5 Å². The number of carbonyl (C=O) groups is 1. The number of hydrogen-bond donors (Lipinski definition) is 0. The summed E-state index contributed by atoms with van der Waals surface area (Å²) in [6, 6.07) is 12.7. The van der Waals surface area contributed by atoms with Crippen LogP contribution in [0.3, 0.4) is 0 Å². The van der Waals surface area contributed by atoms with Crippen LogP contribution in [0, 0.1) is 5.82 Å². The normalized spacial score (nSPS) is 12.1. The fourth-order valence-corrected chi connectivity index (χ4v) is 4.21. The fourth-order valence-electron chi connectivity index (χ4n) is 4.21. The van der Waals surface area contributed by atoms with E-state index >= 15 is 0 Å². The van der Waals surface area contributed by atoms with E-state index < -0.39 is 0 Å². The molecule has 3 rings (SSSR count). The lowest BCUT2D eigenvalue weighted by Gasteiger charge is -2.32. The summed E-state index contributed by atoms with van der Waals surface area (Å²) in [5.74, 6) is 0.245. The fraction of sp³-hybridized carbons (Fsp3) is 0.444. The van der Waals surface area contributed by atoms with Gasteiger partial charge in [0.25, 0.3) is 5.56 Å². The maximum absolute atomic E-state index is 13.6. The molecule has 0 fully saturated rings. The maximum Gasteiger partial charge on any atom is 0.266 e. The van der Waals surface area contributed by atoms with Gasteiger partial charge in [-0.1, -0.05) is 52.2 Å². The van der Waals surface area contributed by atoms with Crippen molar-refractivity contribution in [2.24, 2.45) is 0 Å². The minimum atomic E-state index is -0.371. The Morgan fingerprint density at radius 1 is 1.00 bits per heavy atom. The van der Waals surface area contributed by atoms with Crippen molar-refractivity contribution in [3.8, 4) is 5.69 Å². The second-order valence-corrected chi connectivity index (χ2v) is 8.43. The lowest BCUT2D eigenvalue weighted by atomic mass is 10.1. The van der Waals surface area contributed by atoms with Crippen LogP contribution in [0.25, 0.3) is 16.6 Å². The van der Waals surface area contributed by atoms with E-state index in [0.29, 0.717) is 41.8 Å². The first-order chi connectivity index (χ1) is 16.0. The minimum absolute atomic E-state index is 0.0943. The molecule has 6 heteroatoms. The van der Waals surface area contributed by atoms with E-state index in [1.807, 2.05) is 30.0 Å². The summed E-state index contributed by atoms with van der Waals surface area (Å²) in [7, 11) is 0. The Kier molecular flexibility index (Phi) is 8.75. The van der Waals surface area contributed by atoms with E-state index in [1.54, 1.807) is 22.8 Å². The highest BCUT2D eigenvalue weighted by atomic mass is 19.1. The molecule has 0 N–H and O–H groups in total. The molecular formula is C27H34FN3O2. The van der Waals surface area contributed by atoms with Crippen LogP contribution in [0.4, 0.5) is 4.39 Å². The van der Waals surface area contributed by atoms with Crippen molar-refractivity contribution in [3.05, 3.63) is 70.5 Å². The molecule has 1 unspecified atom stereocenters. The van der Waals surface area contributed by atoms with Crippen LogP contribution < -0.4 is 5.56 Å². The van der Waals surface area contributed by atoms with Crippen LogP contribution in [0.5, 0.6) is 0 Å². The second kappa shape index (κ2) is 11.7. The summed E-state index contributed by atoms with van der Waals surface area (Å²) in [4.78, 5) is 33.7. The Morgan fingerprint density at radius 2 is 1.70 bits per heavy atom. The number of nitrogens with zero attached hydrogens (tertiary/aromatic N) is 3. The molecule has 2 aromatic carbocycles. The van der Waals surface area contributed by atoms with Gasteiger partial charge in [-0.25, -0.2) is 9.37 Å². The highest BCUT2D eigenvalue weighted by Gasteiger charge is 2.28. The molecule has 3 aromatic rings. The van der Waals surface area contributed by atoms with Crippen molar-refractivity contribution in [2.45, 2.75) is 71.8 Å². The molecule has 1 atom stereocenters. The molecule has 0 aliphatic carbocycles. The molecule has 0 saturated carbocycles. The molecule has 1 amide bonds. The first kappa shape index (κ1) is 24.6. The van der Waals surface area contributed by atoms with Crippen molar-refractivity contribution in [2.75, 3.05) is 6.54 Å². The monoisotopic (exact) mass is 451 g/mol. The van der Waals surface area contributed by atoms with Gasteiger partial charge < -0.3 is 4.90 Å². The van der Waals surface area contributed by atoms with E-state index in [-0.39, 0.29) is 23.3 Å². The van der Waals surface area contributed by atoms with Crippen LogP contribution in [-0.2, 0) is 4.79 Å². The average Bonchev–Trinajstić information content (AvgIpc) is 2.82. The van der Waals surface area contributed by atoms with Crippen LogP contribution >= 0.6 is 0 Å². The number of benzene rings is 2. The highest BCUT2D eigenvalue weighted by molar-refractivity contribution is 5.79. The van der Waals surface area contributed by atoms with Gasteiger partial charge in [0.15, 0.2) is 0 Å². The summed E-state index contributed by atoms with van der Waals surface area (Å²) in [5.41, 5.74) is 0.930. The van der Waals surface area contributed by atoms with Gasteiger partial charge >= 0.3 is 0 Å². The van der Waals surface area contributed by atoms with Crippen molar-refractivity contribution < 1.29 is 9.18 Å². The second-order valence-electron chi connectivity index (χ2n) is 8.43. The maximum atomic E-state index is 13.6. The predicted molar refractivity (Wildman–Crippen MR) is 131 cm³/mol. The number of rotatable bonds is 11. The van der Waals surface area contributed by atoms with E-state index in [9.17, 15) is 14.0 Å². The number of halogens is 1. The van der Waals surface area contributed by atoms with Gasteiger partial charge in [0, 0.05) is 13.0 Å². The third kappa shape index (κ3) is 5.67. The summed E-state index contributed by atoms with van der Waals surface area (Å²) in [6.45, 7) is 6.85. The van der Waals surface area contributed by atoms with Gasteiger partial charge in [-0.3, -0.25) is 14.2 Å². The molecule has 33 heavy (non-hydrogen) atoms. The smallest absolute Gasteiger partial charge is 0.266 e. The molecule has 0 aliphatic heterocycles. The first-order valence-electron chi connectivity index (χ1n) is 12.1. The summed E-state index contributed by atoms with van der Waals surface area (Å²) in [5, 5.41) is 0.495. The number of fused-ring (bicyclic) bond motifs is 1. The Morgan fingerprint density at radius 3 is 2.36 bits per heavy atom. The van der Waals surface area contributed by atoms with Crippen LogP contribution in [0.2, 0.25) is 0 Å². The van der Waals surface area contributed by atoms with Crippen LogP contribution in [0.1, 0.15) is 77.6 Å². The largest absolute Gasteiger partial charge is 0.333 e. The molecule has 176 valence electrons. The van der Waals surface area contributed by atoms with E-state index in [2.05, 4.69) is 13.8 Å². The number of para-hydroxylation sites is 1. The third-order valence-corrected chi connectivity index (χ3v) is 6.01. The number of amides is 1. The molecule has 0 bridgehead atoms. The van der Waals surface area contributed by atoms with Crippen LogP contribution in [-0.4, -0.2) is 26.9 Å². The summed E-state index contributed by atoms with van der Waals surface area (Å²) < 4.78 is 15.2. The molecule has 5 nitrogen and oxygen atoms in total. The van der Waals surface area contributed by atoms with Gasteiger partial charge in [-0.15, -0.1) is 0 Å². The minimum Gasteiger partial charge on any atom is -0.333 e. The number of hydrogen-bond acceptors (Lipinski definition) is 3. The molecule has 0 aliphatic rings. The third-order valence-electron chi connectivity index (χ3n) is 6.01. The highest BCUT2D eigenvalue weighted by Crippen LogP contribution is 2.27. The topological polar surface area (TPSA) is 55.2 Å². The van der Waals surface area contributed by atoms with Crippen LogP contribution in [0.15, 0.2) is 53.3 Å². The summed E-state index contributed by atoms with van der Waals surface area (Å²) in [6.07, 6.45) is 5.87. The van der Waals surface area contributed by atoms with Gasteiger partial charge in [-0.2, -0.15) is 0 Å². The van der Waals surface area contributed by atoms with Crippen molar-refractivity contribution in [1.29, 1.82) is 0 Å². The zero-order valence-electron chi connectivity index (χ0n) is 19.9. The first-order valence-corrected chi connectivity index (χ1v) is 12.1. The number of carbonyl (C=O) groups excluding carboxylic acids is 1. The molecule has 0 saturated heterocycles. The Hall–Kier alpha value is -3.02. The Bertz CT molecular complexity index is 1120. The predicted octanol–water partition coefficient (Wildman–Crippen LogP) is 6.18. The molecular weight excluding hydrogens is 417 g/mol. The van der Waals surface area contributed by atoms with E-state index in [1.165, 1.54) is 12.1 Å². The standard InChI is InChI=1S/C27H34FN3O2/c1-4-7-9-14-25(32)30(19-8-5-2)24(6-3)26-29-23-13-11-10-12-22(23)27(33)31(26)21-17-15-20(28)16-18-21/h10-13,15-18,24H,4-9,14,19H2,1-3H3. The molecule has 1 aromatic heterocycles. The van der Waals surface area contributed by atoms with Gasteiger partial charge in [0.2, 0.25) is 5.91 Å². The Labute approximate surface area is 195 Å². The average molecular weight is 452 g/mol. The SMILES string of the molecule is CCCCCC(=O)N(CCCC)C(CC)c1nc2ccccc2c(=O)n1-c1ccc(F)cc1. The van der Waals surface area contributed by atoms with Crippen molar-refractivity contribution in [3.63, 3.8) is 0 Å². The molecule has 0 radical (unpaired) electrons. The molecule has 1 heterocycles. The number of aromatic nitrogens is 2. The summed E-state index contributed by atoms with van der Waals surface area (Å²) >= 11 is 0. The van der Waals surface area contributed by atoms with Gasteiger partial charge in [0.1, 0.15) is 11.6 Å². The quantitative estimate of drug-likeness (QED) is 0.327. The lowest BCUT2D eigenvalue weighted by molar-refractivity contribution is -0.134. The van der Waals surface area contributed by atoms with Gasteiger partial charge in [-0.05, 0) is 55.7 Å². The zero-order chi connectivity index (χ0) is 23.8. The number of unbranched alkanes of at least 4 members (excludes halogenated alkanes) is 3. The van der Waals surface area contributed by atoms with E-state index in [0.717, 1.165) is 32.1 Å². The van der Waals surface area contributed by atoms with E-state index in [4.69, 9.17) is 4.98 Å². The van der Waals surface area contributed by atoms with Crippen molar-refractivity contribution >= 4 is 16.8 Å². The lowest BCUT2D eigenvalue weighted by Crippen LogP contribution is -2.39. The Balaban J connectivity index is 2.18.